The molecule has 0 atom stereocenters. The number of thiophene rings is 1. The van der Waals surface area contributed by atoms with E-state index in [2.05, 4.69) is 0 Å². The van der Waals surface area contributed by atoms with Crippen molar-refractivity contribution in [3.8, 4) is 0 Å². The summed E-state index contributed by atoms with van der Waals surface area (Å²) in [5.74, 6) is -0.259. The monoisotopic (exact) mass is 228 g/mol. The van der Waals surface area contributed by atoms with Crippen LogP contribution in [0.4, 0.5) is 0 Å². The van der Waals surface area contributed by atoms with Crippen molar-refractivity contribution in [1.82, 2.24) is 0 Å². The molecule has 3 nitrogen and oxygen atoms in total. The molecule has 0 aliphatic carbocycles. The summed E-state index contributed by atoms with van der Waals surface area (Å²) in [6.07, 6.45) is 1.10. The molecule has 0 aliphatic heterocycles. The number of hydrogen-bond donors (Lipinski definition) is 0. The van der Waals surface area contributed by atoms with Gasteiger partial charge < -0.3 is 4.55 Å². The fourth-order valence-electron chi connectivity index (χ4n) is 0.878. The Bertz CT molecular complexity index is 318. The fourth-order valence-corrected chi connectivity index (χ4v) is 2.13. The van der Waals surface area contributed by atoms with Crippen LogP contribution in [-0.2, 0) is 16.5 Å². The zero-order chi connectivity index (χ0) is 9.03. The third-order valence-corrected chi connectivity index (χ3v) is 3.12. The predicted octanol–water partition coefficient (Wildman–Crippen LogP) is -1.77. The Morgan fingerprint density at radius 1 is 1.46 bits per heavy atom. The minimum atomic E-state index is -4.02. The second-order valence-corrected chi connectivity index (χ2v) is 5.00. The Kier molecular flexibility index (Phi) is 6.45. The third-order valence-electron chi connectivity index (χ3n) is 1.40. The minimum absolute atomic E-state index is 0. The van der Waals surface area contributed by atoms with E-state index in [1.807, 2.05) is 17.5 Å². The van der Waals surface area contributed by atoms with Gasteiger partial charge in [-0.2, -0.15) is 0 Å². The number of hydrogen-bond acceptors (Lipinski definition) is 4. The molecule has 0 radical (unpaired) electrons. The van der Waals surface area contributed by atoms with Crippen LogP contribution in [0.25, 0.3) is 0 Å². The normalized spacial score (nSPS) is 10.8. The zero-order valence-corrected chi connectivity index (χ0v) is 11.0. The van der Waals surface area contributed by atoms with Gasteiger partial charge in [-0.25, -0.2) is 8.42 Å². The molecule has 0 saturated heterocycles. The second-order valence-electron chi connectivity index (χ2n) is 2.44. The molecule has 0 aromatic carbocycles. The average molecular weight is 228 g/mol. The molecule has 68 valence electrons. The van der Waals surface area contributed by atoms with Crippen LogP contribution in [0.15, 0.2) is 17.5 Å². The van der Waals surface area contributed by atoms with Crippen LogP contribution in [-0.4, -0.2) is 18.7 Å². The van der Waals surface area contributed by atoms with Gasteiger partial charge >= 0.3 is 29.6 Å². The van der Waals surface area contributed by atoms with Crippen molar-refractivity contribution in [3.63, 3.8) is 0 Å². The Morgan fingerprint density at radius 3 is 2.62 bits per heavy atom. The Hall–Kier alpha value is 0.610. The molecule has 13 heavy (non-hydrogen) atoms. The van der Waals surface area contributed by atoms with Crippen LogP contribution in [0.2, 0.25) is 0 Å². The fraction of sp³-hybridized carbons (Fsp3) is 0.429. The van der Waals surface area contributed by atoms with Gasteiger partial charge in [0.2, 0.25) is 0 Å². The van der Waals surface area contributed by atoms with E-state index in [-0.39, 0.29) is 35.3 Å². The maximum atomic E-state index is 10.2. The van der Waals surface area contributed by atoms with Crippen LogP contribution < -0.4 is 29.6 Å². The molecule has 0 spiro atoms. The van der Waals surface area contributed by atoms with Crippen molar-refractivity contribution in [3.05, 3.63) is 22.4 Å². The van der Waals surface area contributed by atoms with E-state index < -0.39 is 10.1 Å². The summed E-state index contributed by atoms with van der Waals surface area (Å²) in [6, 6.07) is 3.84. The van der Waals surface area contributed by atoms with Gasteiger partial charge in [0.25, 0.3) is 0 Å². The van der Waals surface area contributed by atoms with Crippen LogP contribution in [0, 0.1) is 0 Å². The molecule has 0 aliphatic rings. The predicted molar refractivity (Wildman–Crippen MR) is 47.2 cm³/mol. The summed E-state index contributed by atoms with van der Waals surface area (Å²) in [6.45, 7) is 0. The molecule has 1 rings (SSSR count). The Balaban J connectivity index is 0.00000144. The molecule has 0 N–H and O–H groups in total. The summed E-state index contributed by atoms with van der Waals surface area (Å²) in [5, 5.41) is 1.93. The molecule has 0 unspecified atom stereocenters. The van der Waals surface area contributed by atoms with E-state index in [1.54, 1.807) is 11.3 Å². The number of rotatable bonds is 4. The standard InChI is InChI=1S/C7H10O3S2.Na/c8-12(9,10)6-2-4-7-3-1-5-11-7;/h1,3,5H,2,4,6H2,(H,8,9,10);/q;+1/p-1. The van der Waals surface area contributed by atoms with Crippen LogP contribution in [0.3, 0.4) is 0 Å². The molecule has 1 aromatic heterocycles. The van der Waals surface area contributed by atoms with Gasteiger partial charge in [-0.05, 0) is 24.3 Å². The maximum Gasteiger partial charge on any atom is 1.00 e. The van der Waals surface area contributed by atoms with Gasteiger partial charge in [0.15, 0.2) is 0 Å². The van der Waals surface area contributed by atoms with E-state index in [0.29, 0.717) is 12.8 Å². The van der Waals surface area contributed by atoms with Gasteiger partial charge in [0, 0.05) is 10.6 Å². The number of aryl methyl sites for hydroxylation is 1. The van der Waals surface area contributed by atoms with Crippen molar-refractivity contribution in [2.75, 3.05) is 5.75 Å². The summed E-state index contributed by atoms with van der Waals surface area (Å²) >= 11 is 1.58. The van der Waals surface area contributed by atoms with Gasteiger partial charge in [0.1, 0.15) is 0 Å². The van der Waals surface area contributed by atoms with Gasteiger partial charge in [-0.3, -0.25) is 0 Å². The quantitative estimate of drug-likeness (QED) is 0.453. The largest absolute Gasteiger partial charge is 1.00 e. The SMILES string of the molecule is O=S(=O)([O-])CCCc1cccs1.[Na+]. The van der Waals surface area contributed by atoms with Crippen LogP contribution in [0.1, 0.15) is 11.3 Å². The summed E-state index contributed by atoms with van der Waals surface area (Å²) < 4.78 is 30.6. The zero-order valence-electron chi connectivity index (χ0n) is 7.39. The molecule has 6 heteroatoms. The first-order chi connectivity index (χ1) is 5.58. The smallest absolute Gasteiger partial charge is 0.748 e. The molecule has 1 aromatic rings. The summed E-state index contributed by atoms with van der Waals surface area (Å²) in [7, 11) is -4.02. The topological polar surface area (TPSA) is 57.2 Å². The van der Waals surface area contributed by atoms with Crippen molar-refractivity contribution in [2.24, 2.45) is 0 Å². The van der Waals surface area contributed by atoms with E-state index in [9.17, 15) is 13.0 Å². The first-order valence-electron chi connectivity index (χ1n) is 3.54. The van der Waals surface area contributed by atoms with E-state index in [0.717, 1.165) is 4.88 Å². The van der Waals surface area contributed by atoms with Crippen LogP contribution in [0.5, 0.6) is 0 Å². The molecular formula is C7H9NaO3S2. The van der Waals surface area contributed by atoms with E-state index in [1.165, 1.54) is 0 Å². The van der Waals surface area contributed by atoms with Gasteiger partial charge in [-0.15, -0.1) is 11.3 Å². The van der Waals surface area contributed by atoms with Gasteiger partial charge in [-0.1, -0.05) is 6.07 Å². The summed E-state index contributed by atoms with van der Waals surface area (Å²) in [5.41, 5.74) is 0. The second kappa shape index (κ2) is 6.16. The molecule has 0 amide bonds. The van der Waals surface area contributed by atoms with E-state index >= 15 is 0 Å². The Morgan fingerprint density at radius 2 is 2.15 bits per heavy atom. The molecule has 1 heterocycles. The Labute approximate surface area is 104 Å². The van der Waals surface area contributed by atoms with Gasteiger partial charge in [0.05, 0.1) is 10.1 Å². The molecule has 0 saturated carbocycles. The molecule has 0 bridgehead atoms. The van der Waals surface area contributed by atoms with Crippen molar-refractivity contribution < 1.29 is 42.5 Å². The van der Waals surface area contributed by atoms with Crippen LogP contribution >= 0.6 is 11.3 Å². The average Bonchev–Trinajstić information content (AvgIpc) is 2.36. The summed E-state index contributed by atoms with van der Waals surface area (Å²) in [4.78, 5) is 1.12. The van der Waals surface area contributed by atoms with Crippen molar-refractivity contribution >= 4 is 21.5 Å². The minimum Gasteiger partial charge on any atom is -0.748 e. The van der Waals surface area contributed by atoms with Crippen molar-refractivity contribution in [2.45, 2.75) is 12.8 Å². The van der Waals surface area contributed by atoms with Crippen molar-refractivity contribution in [1.29, 1.82) is 0 Å². The first-order valence-corrected chi connectivity index (χ1v) is 5.99. The van der Waals surface area contributed by atoms with E-state index in [4.69, 9.17) is 0 Å². The molecule has 0 fully saturated rings. The first kappa shape index (κ1) is 13.6. The third kappa shape index (κ3) is 6.65. The molecular weight excluding hydrogens is 219 g/mol. The maximum absolute atomic E-state index is 10.2.